The summed E-state index contributed by atoms with van der Waals surface area (Å²) >= 11 is 1.24. The topological polar surface area (TPSA) is 105 Å². The van der Waals surface area contributed by atoms with Crippen LogP contribution in [0.5, 0.6) is 0 Å². The van der Waals surface area contributed by atoms with Crippen molar-refractivity contribution >= 4 is 29.7 Å². The van der Waals surface area contributed by atoms with E-state index in [2.05, 4.69) is 34.9 Å². The van der Waals surface area contributed by atoms with Gasteiger partial charge in [0, 0.05) is 30.7 Å². The van der Waals surface area contributed by atoms with Gasteiger partial charge in [-0.25, -0.2) is 4.79 Å². The van der Waals surface area contributed by atoms with Crippen LogP contribution in [-0.4, -0.2) is 53.8 Å². The molecule has 1 aliphatic carbocycles. The Hall–Kier alpha value is -3.00. The van der Waals surface area contributed by atoms with Crippen LogP contribution in [0.4, 0.5) is 4.79 Å². The summed E-state index contributed by atoms with van der Waals surface area (Å²) in [5, 5.41) is 14.1. The molecule has 0 radical (unpaired) electrons. The highest BCUT2D eigenvalue weighted by atomic mass is 32.2. The Kier molecular flexibility index (Phi) is 8.56. The number of carboxylic acids is 1. The van der Waals surface area contributed by atoms with Crippen LogP contribution < -0.4 is 10.6 Å². The second-order valence-corrected chi connectivity index (χ2v) is 8.68. The van der Waals surface area contributed by atoms with Crippen LogP contribution in [0, 0.1) is 0 Å². The standard InChI is InChI=1S/C24H28N2O5S/c1-2-16(13-22(27)25-11-12-32-15-23(28)29)26-24(30)31-14-21-19-9-5-3-7-17(19)18-8-4-6-10-20(18)21/h3-10,16,21H,2,11-15H2,1H3,(H,25,27)(H,26,30)(H,28,29)/t16-/m1/s1. The molecule has 0 fully saturated rings. The van der Waals surface area contributed by atoms with Crippen molar-refractivity contribution < 1.29 is 24.2 Å². The van der Waals surface area contributed by atoms with Crippen LogP contribution in [0.3, 0.4) is 0 Å². The number of carboxylic acid groups (broad SMARTS) is 1. The molecule has 0 saturated heterocycles. The van der Waals surface area contributed by atoms with Gasteiger partial charge in [0.1, 0.15) is 6.61 Å². The number of fused-ring (bicyclic) bond motifs is 3. The molecule has 1 atom stereocenters. The minimum atomic E-state index is -0.875. The van der Waals surface area contributed by atoms with Crippen molar-refractivity contribution in [1.82, 2.24) is 10.6 Å². The molecule has 2 amide bonds. The molecule has 2 aromatic carbocycles. The second kappa shape index (κ2) is 11.6. The van der Waals surface area contributed by atoms with Crippen LogP contribution in [-0.2, 0) is 14.3 Å². The zero-order valence-electron chi connectivity index (χ0n) is 18.0. The van der Waals surface area contributed by atoms with Gasteiger partial charge >= 0.3 is 12.1 Å². The fraction of sp³-hybridized carbons (Fsp3) is 0.375. The Labute approximate surface area is 191 Å². The van der Waals surface area contributed by atoms with E-state index in [1.54, 1.807) is 0 Å². The van der Waals surface area contributed by atoms with Crippen molar-refractivity contribution in [3.8, 4) is 11.1 Å². The molecular weight excluding hydrogens is 428 g/mol. The maximum atomic E-state index is 12.4. The van der Waals surface area contributed by atoms with Gasteiger partial charge in [-0.3, -0.25) is 9.59 Å². The number of aliphatic carboxylic acids is 1. The van der Waals surface area contributed by atoms with Crippen LogP contribution >= 0.6 is 11.8 Å². The molecule has 0 bridgehead atoms. The van der Waals surface area contributed by atoms with Gasteiger partial charge in [0.05, 0.1) is 5.75 Å². The number of hydrogen-bond acceptors (Lipinski definition) is 5. The number of ether oxygens (including phenoxy) is 1. The highest BCUT2D eigenvalue weighted by molar-refractivity contribution is 7.99. The van der Waals surface area contributed by atoms with E-state index in [9.17, 15) is 14.4 Å². The maximum Gasteiger partial charge on any atom is 0.407 e. The second-order valence-electron chi connectivity index (χ2n) is 7.58. The third-order valence-electron chi connectivity index (χ3n) is 5.38. The van der Waals surface area contributed by atoms with Gasteiger partial charge < -0.3 is 20.5 Å². The van der Waals surface area contributed by atoms with Gasteiger partial charge in [-0.15, -0.1) is 11.8 Å². The largest absolute Gasteiger partial charge is 0.481 e. The smallest absolute Gasteiger partial charge is 0.407 e. The minimum Gasteiger partial charge on any atom is -0.481 e. The first-order valence-corrected chi connectivity index (χ1v) is 11.8. The van der Waals surface area contributed by atoms with Crippen LogP contribution in [0.25, 0.3) is 11.1 Å². The van der Waals surface area contributed by atoms with Crippen molar-refractivity contribution in [3.63, 3.8) is 0 Å². The Morgan fingerprint density at radius 3 is 2.28 bits per heavy atom. The first-order chi connectivity index (χ1) is 15.5. The Morgan fingerprint density at radius 2 is 1.69 bits per heavy atom. The highest BCUT2D eigenvalue weighted by Crippen LogP contribution is 2.44. The number of amides is 2. The number of carbonyl (C=O) groups is 3. The lowest BCUT2D eigenvalue weighted by molar-refractivity contribution is -0.133. The van der Waals surface area contributed by atoms with E-state index in [1.807, 2.05) is 31.2 Å². The summed E-state index contributed by atoms with van der Waals surface area (Å²) in [6.45, 7) is 2.51. The van der Waals surface area contributed by atoms with E-state index < -0.39 is 12.1 Å². The van der Waals surface area contributed by atoms with Crippen LogP contribution in [0.2, 0.25) is 0 Å². The van der Waals surface area contributed by atoms with Crippen LogP contribution in [0.15, 0.2) is 48.5 Å². The predicted octanol–water partition coefficient (Wildman–Crippen LogP) is 3.63. The Bertz CT molecular complexity index is 919. The first-order valence-electron chi connectivity index (χ1n) is 10.7. The molecule has 0 unspecified atom stereocenters. The number of nitrogens with one attached hydrogen (secondary N) is 2. The number of alkyl carbamates (subject to hydrolysis) is 1. The van der Waals surface area contributed by atoms with Gasteiger partial charge in [0.2, 0.25) is 5.91 Å². The van der Waals surface area contributed by atoms with Crippen molar-refractivity contribution in [3.05, 3.63) is 59.7 Å². The highest BCUT2D eigenvalue weighted by Gasteiger charge is 2.29. The number of benzene rings is 2. The molecule has 0 saturated carbocycles. The van der Waals surface area contributed by atoms with Crippen molar-refractivity contribution in [2.75, 3.05) is 24.7 Å². The van der Waals surface area contributed by atoms with E-state index in [1.165, 1.54) is 22.9 Å². The normalized spacial score (nSPS) is 13.0. The molecule has 32 heavy (non-hydrogen) atoms. The van der Waals surface area contributed by atoms with E-state index in [4.69, 9.17) is 9.84 Å². The van der Waals surface area contributed by atoms with Crippen molar-refractivity contribution in [2.45, 2.75) is 31.7 Å². The summed E-state index contributed by atoms with van der Waals surface area (Å²) in [6, 6.07) is 16.0. The molecule has 170 valence electrons. The summed E-state index contributed by atoms with van der Waals surface area (Å²) < 4.78 is 5.55. The molecule has 2 aromatic rings. The third-order valence-corrected chi connectivity index (χ3v) is 6.33. The van der Waals surface area contributed by atoms with Crippen molar-refractivity contribution in [1.29, 1.82) is 0 Å². The van der Waals surface area contributed by atoms with E-state index in [-0.39, 0.29) is 36.6 Å². The number of rotatable bonds is 11. The van der Waals surface area contributed by atoms with Gasteiger partial charge in [-0.2, -0.15) is 0 Å². The quantitative estimate of drug-likeness (QED) is 0.446. The van der Waals surface area contributed by atoms with E-state index in [0.29, 0.717) is 18.7 Å². The minimum absolute atomic E-state index is 0.0107. The number of hydrogen-bond donors (Lipinski definition) is 3. The summed E-state index contributed by atoms with van der Waals surface area (Å²) in [6.07, 6.45) is 0.193. The molecule has 3 rings (SSSR count). The summed E-state index contributed by atoms with van der Waals surface area (Å²) in [7, 11) is 0. The van der Waals surface area contributed by atoms with E-state index in [0.717, 1.165) is 11.1 Å². The molecule has 0 heterocycles. The first kappa shape index (κ1) is 23.7. The average molecular weight is 457 g/mol. The SMILES string of the molecule is CC[C@H](CC(=O)NCCSCC(=O)O)NC(=O)OCC1c2ccccc2-c2ccccc21. The fourth-order valence-electron chi connectivity index (χ4n) is 3.82. The lowest BCUT2D eigenvalue weighted by Crippen LogP contribution is -2.39. The van der Waals surface area contributed by atoms with Gasteiger partial charge in [0.15, 0.2) is 0 Å². The number of carbonyl (C=O) groups excluding carboxylic acids is 2. The van der Waals surface area contributed by atoms with E-state index >= 15 is 0 Å². The van der Waals surface area contributed by atoms with Gasteiger partial charge in [0.25, 0.3) is 0 Å². The molecule has 7 nitrogen and oxygen atoms in total. The fourth-order valence-corrected chi connectivity index (χ4v) is 4.39. The van der Waals surface area contributed by atoms with Gasteiger partial charge in [-0.05, 0) is 28.7 Å². The predicted molar refractivity (Wildman–Crippen MR) is 125 cm³/mol. The monoisotopic (exact) mass is 456 g/mol. The average Bonchev–Trinajstić information content (AvgIpc) is 3.10. The maximum absolute atomic E-state index is 12.4. The third kappa shape index (κ3) is 6.26. The molecule has 3 N–H and O–H groups in total. The lowest BCUT2D eigenvalue weighted by atomic mass is 9.98. The lowest BCUT2D eigenvalue weighted by Gasteiger charge is -2.18. The molecular formula is C24H28N2O5S. The molecule has 0 aromatic heterocycles. The summed E-state index contributed by atoms with van der Waals surface area (Å²) in [5.74, 6) is -0.544. The Balaban J connectivity index is 1.47. The van der Waals surface area contributed by atoms with Gasteiger partial charge in [-0.1, -0.05) is 55.5 Å². The molecule has 0 aliphatic heterocycles. The zero-order chi connectivity index (χ0) is 22.9. The molecule has 1 aliphatic rings. The molecule has 0 spiro atoms. The summed E-state index contributed by atoms with van der Waals surface area (Å²) in [4.78, 5) is 35.0. The van der Waals surface area contributed by atoms with Crippen LogP contribution in [0.1, 0.15) is 36.8 Å². The number of thioether (sulfide) groups is 1. The molecule has 8 heteroatoms. The zero-order valence-corrected chi connectivity index (χ0v) is 18.8. The summed E-state index contributed by atoms with van der Waals surface area (Å²) in [5.41, 5.74) is 4.63. The van der Waals surface area contributed by atoms with Crippen molar-refractivity contribution in [2.24, 2.45) is 0 Å². The Morgan fingerprint density at radius 1 is 1.06 bits per heavy atom.